The van der Waals surface area contributed by atoms with Crippen LogP contribution in [0.25, 0.3) is 0 Å². The summed E-state index contributed by atoms with van der Waals surface area (Å²) in [6.07, 6.45) is 0. The van der Waals surface area contributed by atoms with Gasteiger partial charge in [-0.2, -0.15) is 0 Å². The minimum atomic E-state index is -0.246. The van der Waals surface area contributed by atoms with Gasteiger partial charge in [-0.1, -0.05) is 11.8 Å². The number of rotatable bonds is 3. The highest BCUT2D eigenvalue weighted by molar-refractivity contribution is 7.99. The van der Waals surface area contributed by atoms with Crippen molar-refractivity contribution in [2.75, 3.05) is 12.9 Å². The van der Waals surface area contributed by atoms with Crippen LogP contribution >= 0.6 is 11.8 Å². The van der Waals surface area contributed by atoms with Crippen molar-refractivity contribution in [1.82, 2.24) is 9.97 Å². The van der Waals surface area contributed by atoms with Gasteiger partial charge in [0.15, 0.2) is 0 Å². The standard InChI is InChI=1S/C9H12N2O2S/c1-6-4-8(11-7(2)10-6)14-5-9(12)13-3/h4H,5H2,1-3H3. The molecular weight excluding hydrogens is 200 g/mol. The number of hydrogen-bond acceptors (Lipinski definition) is 5. The van der Waals surface area contributed by atoms with Crippen LogP contribution in [-0.2, 0) is 9.53 Å². The molecule has 1 aromatic rings. The predicted octanol–water partition coefficient (Wildman–Crippen LogP) is 1.36. The number of methoxy groups -OCH3 is 1. The Morgan fingerprint density at radius 2 is 2.21 bits per heavy atom. The van der Waals surface area contributed by atoms with Crippen molar-refractivity contribution in [3.05, 3.63) is 17.6 Å². The third-order valence-electron chi connectivity index (χ3n) is 1.51. The van der Waals surface area contributed by atoms with E-state index >= 15 is 0 Å². The van der Waals surface area contributed by atoms with E-state index in [-0.39, 0.29) is 11.7 Å². The lowest BCUT2D eigenvalue weighted by molar-refractivity contribution is -0.137. The zero-order valence-corrected chi connectivity index (χ0v) is 9.22. The first-order valence-electron chi connectivity index (χ1n) is 4.13. The van der Waals surface area contributed by atoms with Gasteiger partial charge in [0.1, 0.15) is 10.9 Å². The van der Waals surface area contributed by atoms with Gasteiger partial charge in [-0.05, 0) is 19.9 Å². The van der Waals surface area contributed by atoms with Crippen LogP contribution < -0.4 is 0 Å². The summed E-state index contributed by atoms with van der Waals surface area (Å²) in [7, 11) is 1.37. The average Bonchev–Trinajstić information content (AvgIpc) is 2.12. The minimum Gasteiger partial charge on any atom is -0.468 e. The van der Waals surface area contributed by atoms with Gasteiger partial charge in [0.2, 0.25) is 0 Å². The van der Waals surface area contributed by atoms with Crippen LogP contribution in [-0.4, -0.2) is 28.8 Å². The smallest absolute Gasteiger partial charge is 0.316 e. The predicted molar refractivity (Wildman–Crippen MR) is 54.2 cm³/mol. The van der Waals surface area contributed by atoms with Crippen molar-refractivity contribution in [1.29, 1.82) is 0 Å². The quantitative estimate of drug-likeness (QED) is 0.430. The molecule has 0 saturated heterocycles. The zero-order valence-electron chi connectivity index (χ0n) is 8.40. The summed E-state index contributed by atoms with van der Waals surface area (Å²) in [6.45, 7) is 3.73. The molecule has 0 atom stereocenters. The van der Waals surface area contributed by atoms with Crippen LogP contribution in [0.3, 0.4) is 0 Å². The van der Waals surface area contributed by atoms with Gasteiger partial charge in [0.25, 0.3) is 0 Å². The van der Waals surface area contributed by atoms with Gasteiger partial charge in [-0.25, -0.2) is 9.97 Å². The summed E-state index contributed by atoms with van der Waals surface area (Å²) in [5.41, 5.74) is 0.907. The van der Waals surface area contributed by atoms with Crippen LogP contribution in [0, 0.1) is 13.8 Å². The Balaban J connectivity index is 2.63. The molecule has 1 aromatic heterocycles. The van der Waals surface area contributed by atoms with E-state index in [1.54, 1.807) is 0 Å². The van der Waals surface area contributed by atoms with Crippen LogP contribution in [0.4, 0.5) is 0 Å². The van der Waals surface area contributed by atoms with Crippen molar-refractivity contribution >= 4 is 17.7 Å². The molecule has 14 heavy (non-hydrogen) atoms. The van der Waals surface area contributed by atoms with E-state index in [1.165, 1.54) is 18.9 Å². The summed E-state index contributed by atoms with van der Waals surface area (Å²) in [5.74, 6) is 0.758. The van der Waals surface area contributed by atoms with E-state index in [1.807, 2.05) is 19.9 Å². The minimum absolute atomic E-state index is 0.246. The van der Waals surface area contributed by atoms with Gasteiger partial charge in [-0.3, -0.25) is 4.79 Å². The van der Waals surface area contributed by atoms with E-state index in [9.17, 15) is 4.79 Å². The SMILES string of the molecule is COC(=O)CSc1cc(C)nc(C)n1. The van der Waals surface area contributed by atoms with Crippen LogP contribution in [0.15, 0.2) is 11.1 Å². The van der Waals surface area contributed by atoms with Crippen molar-refractivity contribution < 1.29 is 9.53 Å². The van der Waals surface area contributed by atoms with Gasteiger partial charge < -0.3 is 4.74 Å². The summed E-state index contributed by atoms with van der Waals surface area (Å²) in [6, 6.07) is 1.85. The number of ether oxygens (including phenoxy) is 1. The Labute approximate surface area is 87.1 Å². The number of carbonyl (C=O) groups excluding carboxylic acids is 1. The Morgan fingerprint density at radius 1 is 1.50 bits per heavy atom. The molecular formula is C9H12N2O2S. The maximum absolute atomic E-state index is 10.9. The summed E-state index contributed by atoms with van der Waals surface area (Å²) >= 11 is 1.36. The Morgan fingerprint density at radius 3 is 2.79 bits per heavy atom. The Kier molecular flexibility index (Phi) is 3.88. The van der Waals surface area contributed by atoms with Crippen molar-refractivity contribution in [3.8, 4) is 0 Å². The molecule has 1 rings (SSSR count). The van der Waals surface area contributed by atoms with Gasteiger partial charge >= 0.3 is 5.97 Å². The highest BCUT2D eigenvalue weighted by Crippen LogP contribution is 2.15. The molecule has 0 spiro atoms. The second-order valence-electron chi connectivity index (χ2n) is 2.76. The molecule has 0 N–H and O–H groups in total. The fourth-order valence-electron chi connectivity index (χ4n) is 0.949. The molecule has 5 heteroatoms. The number of aryl methyl sites for hydroxylation is 2. The highest BCUT2D eigenvalue weighted by Gasteiger charge is 2.04. The third kappa shape index (κ3) is 3.33. The molecule has 0 aliphatic rings. The maximum Gasteiger partial charge on any atom is 0.316 e. The van der Waals surface area contributed by atoms with E-state index < -0.39 is 0 Å². The van der Waals surface area contributed by atoms with Gasteiger partial charge in [0, 0.05) is 5.69 Å². The van der Waals surface area contributed by atoms with Gasteiger partial charge in [-0.15, -0.1) is 0 Å². The number of thioether (sulfide) groups is 1. The third-order valence-corrected chi connectivity index (χ3v) is 2.39. The monoisotopic (exact) mass is 212 g/mol. The number of esters is 1. The van der Waals surface area contributed by atoms with Crippen LogP contribution in [0.1, 0.15) is 11.5 Å². The first-order valence-corrected chi connectivity index (χ1v) is 5.12. The molecule has 1 heterocycles. The molecule has 0 aliphatic carbocycles. The lowest BCUT2D eigenvalue weighted by Crippen LogP contribution is -2.03. The molecule has 4 nitrogen and oxygen atoms in total. The number of nitrogens with zero attached hydrogens (tertiary/aromatic N) is 2. The van der Waals surface area contributed by atoms with E-state index in [0.717, 1.165) is 16.5 Å². The summed E-state index contributed by atoms with van der Waals surface area (Å²) < 4.78 is 4.53. The van der Waals surface area contributed by atoms with Crippen molar-refractivity contribution in [2.24, 2.45) is 0 Å². The highest BCUT2D eigenvalue weighted by atomic mass is 32.2. The van der Waals surface area contributed by atoms with Crippen LogP contribution in [0.2, 0.25) is 0 Å². The lowest BCUT2D eigenvalue weighted by Gasteiger charge is -2.01. The first kappa shape index (κ1) is 11.0. The molecule has 0 amide bonds. The van der Waals surface area contributed by atoms with E-state index in [0.29, 0.717) is 0 Å². The molecule has 0 aromatic carbocycles. The maximum atomic E-state index is 10.9. The second kappa shape index (κ2) is 4.95. The topological polar surface area (TPSA) is 52.1 Å². The lowest BCUT2D eigenvalue weighted by atomic mass is 10.4. The first-order chi connectivity index (χ1) is 6.61. The largest absolute Gasteiger partial charge is 0.468 e. The van der Waals surface area contributed by atoms with Crippen molar-refractivity contribution in [2.45, 2.75) is 18.9 Å². The summed E-state index contributed by atoms with van der Waals surface area (Å²) in [5, 5.41) is 0.806. The van der Waals surface area contributed by atoms with E-state index in [4.69, 9.17) is 0 Å². The molecule has 0 bridgehead atoms. The van der Waals surface area contributed by atoms with Gasteiger partial charge in [0.05, 0.1) is 12.9 Å². The second-order valence-corrected chi connectivity index (χ2v) is 3.76. The molecule has 0 radical (unpaired) electrons. The molecule has 76 valence electrons. The molecule has 0 fully saturated rings. The average molecular weight is 212 g/mol. The number of aromatic nitrogens is 2. The zero-order chi connectivity index (χ0) is 10.6. The fraction of sp³-hybridized carbons (Fsp3) is 0.444. The normalized spacial score (nSPS) is 9.93. The summed E-state index contributed by atoms with van der Waals surface area (Å²) in [4.78, 5) is 19.2. The number of carbonyl (C=O) groups is 1. The molecule has 0 aliphatic heterocycles. The van der Waals surface area contributed by atoms with E-state index in [2.05, 4.69) is 14.7 Å². The molecule has 0 saturated carbocycles. The Hall–Kier alpha value is -1.10. The fourth-order valence-corrected chi connectivity index (χ4v) is 1.78. The number of hydrogen-bond donors (Lipinski definition) is 0. The van der Waals surface area contributed by atoms with Crippen LogP contribution in [0.5, 0.6) is 0 Å². The Bertz CT molecular complexity index is 321. The molecule has 0 unspecified atom stereocenters. The van der Waals surface area contributed by atoms with Crippen molar-refractivity contribution in [3.63, 3.8) is 0 Å².